The zero-order valence-electron chi connectivity index (χ0n) is 21.5. The molecule has 0 radical (unpaired) electrons. The number of aromatic hydroxyl groups is 1. The third-order valence-corrected chi connectivity index (χ3v) is 6.15. The zero-order valence-corrected chi connectivity index (χ0v) is 21.5. The van der Waals surface area contributed by atoms with E-state index in [0.29, 0.717) is 49.0 Å². The van der Waals surface area contributed by atoms with Gasteiger partial charge in [0.2, 0.25) is 12.7 Å². The summed E-state index contributed by atoms with van der Waals surface area (Å²) in [5.74, 6) is 0.796. The van der Waals surface area contributed by atoms with Gasteiger partial charge in [-0.1, -0.05) is 30.3 Å². The largest absolute Gasteiger partial charge is 0.507 e. The van der Waals surface area contributed by atoms with Crippen LogP contribution in [0.3, 0.4) is 0 Å². The number of hydrogen-bond acceptors (Lipinski definition) is 7. The van der Waals surface area contributed by atoms with Crippen molar-refractivity contribution >= 4 is 11.8 Å². The van der Waals surface area contributed by atoms with Crippen molar-refractivity contribution in [1.29, 1.82) is 0 Å². The quantitative estimate of drug-likeness (QED) is 0.347. The lowest BCUT2D eigenvalue weighted by molar-refractivity contribution is -0.126. The number of ether oxygens (including phenoxy) is 4. The van der Waals surface area contributed by atoms with Gasteiger partial charge in [0.25, 0.3) is 5.91 Å². The lowest BCUT2D eigenvalue weighted by Gasteiger charge is -2.32. The van der Waals surface area contributed by atoms with Crippen LogP contribution in [0.25, 0.3) is 0 Å². The maximum atomic E-state index is 13.9. The molecule has 0 fully saturated rings. The molecule has 1 heterocycles. The highest BCUT2D eigenvalue weighted by Crippen LogP contribution is 2.35. The van der Waals surface area contributed by atoms with E-state index >= 15 is 0 Å². The molecule has 3 aromatic carbocycles. The van der Waals surface area contributed by atoms with E-state index in [4.69, 9.17) is 18.9 Å². The molecule has 0 saturated carbocycles. The second-order valence-electron chi connectivity index (χ2n) is 8.66. The first-order valence-electron chi connectivity index (χ1n) is 12.5. The summed E-state index contributed by atoms with van der Waals surface area (Å²) in [7, 11) is 1.56. The predicted octanol–water partition coefficient (Wildman–Crippen LogP) is 4.06. The fraction of sp³-hybridized carbons (Fsp3) is 0.310. The SMILES string of the molecule is CCOCCCNC(=O)[C@@H](c1ccc(OC)cc1)N(Cc1ccc2c(c1)OCO2)C(=O)c1ccccc1O. The van der Waals surface area contributed by atoms with Gasteiger partial charge < -0.3 is 34.3 Å². The number of benzene rings is 3. The first kappa shape index (κ1) is 26.8. The molecule has 1 atom stereocenters. The highest BCUT2D eigenvalue weighted by atomic mass is 16.7. The minimum absolute atomic E-state index is 0.0763. The number of rotatable bonds is 12. The number of para-hydroxylation sites is 1. The van der Waals surface area contributed by atoms with Crippen molar-refractivity contribution in [2.75, 3.05) is 33.7 Å². The van der Waals surface area contributed by atoms with E-state index in [9.17, 15) is 14.7 Å². The molecular formula is C29H32N2O7. The van der Waals surface area contributed by atoms with Gasteiger partial charge in [-0.15, -0.1) is 0 Å². The van der Waals surface area contributed by atoms with Gasteiger partial charge in [0.15, 0.2) is 11.5 Å². The highest BCUT2D eigenvalue weighted by molar-refractivity contribution is 5.99. The second-order valence-corrected chi connectivity index (χ2v) is 8.66. The summed E-state index contributed by atoms with van der Waals surface area (Å²) in [5, 5.41) is 13.4. The van der Waals surface area contributed by atoms with Crippen LogP contribution in [0, 0.1) is 0 Å². The molecule has 0 aliphatic carbocycles. The molecule has 2 amide bonds. The minimum Gasteiger partial charge on any atom is -0.507 e. The van der Waals surface area contributed by atoms with Crippen molar-refractivity contribution in [1.82, 2.24) is 10.2 Å². The number of methoxy groups -OCH3 is 1. The van der Waals surface area contributed by atoms with Gasteiger partial charge >= 0.3 is 0 Å². The van der Waals surface area contributed by atoms with Crippen LogP contribution in [0.1, 0.15) is 40.9 Å². The van der Waals surface area contributed by atoms with Crippen molar-refractivity contribution in [3.63, 3.8) is 0 Å². The van der Waals surface area contributed by atoms with E-state index in [1.807, 2.05) is 13.0 Å². The average Bonchev–Trinajstić information content (AvgIpc) is 3.41. The summed E-state index contributed by atoms with van der Waals surface area (Å²) in [4.78, 5) is 29.1. The van der Waals surface area contributed by atoms with Crippen molar-refractivity contribution in [3.8, 4) is 23.0 Å². The Balaban J connectivity index is 1.72. The number of carbonyl (C=O) groups is 2. The van der Waals surface area contributed by atoms with Crippen molar-refractivity contribution < 1.29 is 33.6 Å². The predicted molar refractivity (Wildman–Crippen MR) is 140 cm³/mol. The summed E-state index contributed by atoms with van der Waals surface area (Å²) >= 11 is 0. The third kappa shape index (κ3) is 6.36. The average molecular weight is 521 g/mol. The van der Waals surface area contributed by atoms with E-state index in [-0.39, 0.29) is 30.6 Å². The van der Waals surface area contributed by atoms with Gasteiger partial charge in [-0.25, -0.2) is 0 Å². The zero-order chi connectivity index (χ0) is 26.9. The van der Waals surface area contributed by atoms with E-state index in [1.165, 1.54) is 17.0 Å². The first-order chi connectivity index (χ1) is 18.5. The maximum Gasteiger partial charge on any atom is 0.258 e. The van der Waals surface area contributed by atoms with E-state index in [0.717, 1.165) is 5.56 Å². The van der Waals surface area contributed by atoms with Gasteiger partial charge in [0, 0.05) is 26.3 Å². The fourth-order valence-corrected chi connectivity index (χ4v) is 4.21. The molecule has 9 nitrogen and oxygen atoms in total. The van der Waals surface area contributed by atoms with Crippen LogP contribution in [-0.4, -0.2) is 55.5 Å². The van der Waals surface area contributed by atoms with Crippen LogP contribution >= 0.6 is 0 Å². The minimum atomic E-state index is -0.995. The number of nitrogens with zero attached hydrogens (tertiary/aromatic N) is 1. The molecule has 2 N–H and O–H groups in total. The molecule has 9 heteroatoms. The Morgan fingerprint density at radius 3 is 2.55 bits per heavy atom. The number of fused-ring (bicyclic) bond motifs is 1. The molecule has 1 aliphatic rings. The number of nitrogens with one attached hydrogen (secondary N) is 1. The Hall–Kier alpha value is -4.24. The molecule has 1 aliphatic heterocycles. The lowest BCUT2D eigenvalue weighted by Crippen LogP contribution is -2.43. The summed E-state index contributed by atoms with van der Waals surface area (Å²) < 4.78 is 21.6. The molecule has 0 spiro atoms. The third-order valence-electron chi connectivity index (χ3n) is 6.15. The molecule has 38 heavy (non-hydrogen) atoms. The Labute approximate surface area is 221 Å². The standard InChI is InChI=1S/C29H32N2O7/c1-3-36-16-6-15-30-28(33)27(21-10-12-22(35-2)13-11-21)31(29(34)23-7-4-5-8-24(23)32)18-20-9-14-25-26(17-20)38-19-37-25/h4-5,7-14,17,27,32H,3,6,15-16,18-19H2,1-2H3,(H,30,33)/t27-/m1/s1. The molecule has 0 saturated heterocycles. The highest BCUT2D eigenvalue weighted by Gasteiger charge is 2.33. The number of carbonyl (C=O) groups excluding carboxylic acids is 2. The van der Waals surface area contributed by atoms with Gasteiger partial charge in [-0.2, -0.15) is 0 Å². The Bertz CT molecular complexity index is 1250. The Morgan fingerprint density at radius 2 is 1.82 bits per heavy atom. The molecule has 200 valence electrons. The number of phenolic OH excluding ortho intramolecular Hbond substituents is 1. The van der Waals surface area contributed by atoms with Gasteiger partial charge in [0.05, 0.1) is 12.7 Å². The van der Waals surface area contributed by atoms with Crippen LogP contribution in [0.5, 0.6) is 23.0 Å². The maximum absolute atomic E-state index is 13.9. The van der Waals surface area contributed by atoms with Crippen LogP contribution in [0.15, 0.2) is 66.7 Å². The number of amides is 2. The topological polar surface area (TPSA) is 107 Å². The van der Waals surface area contributed by atoms with Crippen LogP contribution in [0.2, 0.25) is 0 Å². The van der Waals surface area contributed by atoms with Crippen LogP contribution in [-0.2, 0) is 16.1 Å². The number of hydrogen-bond donors (Lipinski definition) is 2. The molecule has 0 unspecified atom stereocenters. The number of phenols is 1. The van der Waals surface area contributed by atoms with Crippen LogP contribution < -0.4 is 19.5 Å². The van der Waals surface area contributed by atoms with Crippen molar-refractivity contribution in [2.45, 2.75) is 25.9 Å². The summed E-state index contributed by atoms with van der Waals surface area (Å²) in [5.41, 5.74) is 1.43. The molecule has 0 aromatic heterocycles. The molecule has 4 rings (SSSR count). The molecule has 3 aromatic rings. The van der Waals surface area contributed by atoms with E-state index in [1.54, 1.807) is 55.6 Å². The van der Waals surface area contributed by atoms with E-state index < -0.39 is 11.9 Å². The summed E-state index contributed by atoms with van der Waals surface area (Å²) in [6.07, 6.45) is 0.629. The first-order valence-corrected chi connectivity index (χ1v) is 12.5. The summed E-state index contributed by atoms with van der Waals surface area (Å²) in [6.45, 7) is 3.61. The Kier molecular flexibility index (Phi) is 9.05. The van der Waals surface area contributed by atoms with Gasteiger partial charge in [-0.05, 0) is 60.9 Å². The Morgan fingerprint density at radius 1 is 1.05 bits per heavy atom. The molecule has 0 bridgehead atoms. The van der Waals surface area contributed by atoms with Gasteiger partial charge in [0.1, 0.15) is 17.5 Å². The lowest BCUT2D eigenvalue weighted by atomic mass is 10.0. The van der Waals surface area contributed by atoms with Crippen molar-refractivity contribution in [3.05, 3.63) is 83.4 Å². The second kappa shape index (κ2) is 12.8. The molecular weight excluding hydrogens is 488 g/mol. The smallest absolute Gasteiger partial charge is 0.258 e. The monoisotopic (exact) mass is 520 g/mol. The summed E-state index contributed by atoms with van der Waals surface area (Å²) in [6, 6.07) is 17.7. The van der Waals surface area contributed by atoms with Crippen molar-refractivity contribution in [2.24, 2.45) is 0 Å². The van der Waals surface area contributed by atoms with Gasteiger partial charge in [-0.3, -0.25) is 9.59 Å². The fourth-order valence-electron chi connectivity index (χ4n) is 4.21. The normalized spacial score (nSPS) is 12.6. The van der Waals surface area contributed by atoms with Crippen LogP contribution in [0.4, 0.5) is 0 Å². The van der Waals surface area contributed by atoms with E-state index in [2.05, 4.69) is 5.32 Å².